The molecular formula is C15H26N4O. The van der Waals surface area contributed by atoms with Crippen molar-refractivity contribution in [1.82, 2.24) is 9.97 Å². The molecule has 112 valence electrons. The van der Waals surface area contributed by atoms with Crippen LogP contribution in [0.2, 0.25) is 0 Å². The Kier molecular flexibility index (Phi) is 5.59. The number of nitrogens with two attached hydrogens (primary N) is 1. The molecule has 1 aromatic heterocycles. The minimum atomic E-state index is 0.489. The summed E-state index contributed by atoms with van der Waals surface area (Å²) in [7, 11) is 0. The second kappa shape index (κ2) is 7.43. The Balaban J connectivity index is 2.19. The van der Waals surface area contributed by atoms with Gasteiger partial charge in [0.25, 0.3) is 0 Å². The number of rotatable bonds is 6. The maximum atomic E-state index is 5.96. The van der Waals surface area contributed by atoms with E-state index in [-0.39, 0.29) is 0 Å². The number of hydrogen-bond acceptors (Lipinski definition) is 5. The lowest BCUT2D eigenvalue weighted by Gasteiger charge is -2.39. The Morgan fingerprint density at radius 1 is 1.30 bits per heavy atom. The van der Waals surface area contributed by atoms with Gasteiger partial charge < -0.3 is 15.4 Å². The maximum absolute atomic E-state index is 5.96. The molecule has 0 aliphatic heterocycles. The molecule has 1 fully saturated rings. The van der Waals surface area contributed by atoms with Crippen molar-refractivity contribution in [3.8, 4) is 5.88 Å². The summed E-state index contributed by atoms with van der Waals surface area (Å²) < 4.78 is 5.48. The minimum Gasteiger partial charge on any atom is -0.478 e. The molecule has 20 heavy (non-hydrogen) atoms. The molecule has 1 aromatic rings. The van der Waals surface area contributed by atoms with Crippen LogP contribution in [0.4, 0.5) is 5.82 Å². The van der Waals surface area contributed by atoms with Gasteiger partial charge in [-0.05, 0) is 39.2 Å². The number of nitrogens with zero attached hydrogens (tertiary/aromatic N) is 3. The summed E-state index contributed by atoms with van der Waals surface area (Å²) in [5.41, 5.74) is 5.96. The van der Waals surface area contributed by atoms with E-state index >= 15 is 0 Å². The lowest BCUT2D eigenvalue weighted by atomic mass is 9.83. The molecule has 2 N–H and O–H groups in total. The zero-order valence-electron chi connectivity index (χ0n) is 12.6. The minimum absolute atomic E-state index is 0.489. The number of anilines is 1. The van der Waals surface area contributed by atoms with Crippen molar-refractivity contribution in [2.75, 3.05) is 24.6 Å². The van der Waals surface area contributed by atoms with Crippen LogP contribution >= 0.6 is 0 Å². The van der Waals surface area contributed by atoms with Crippen molar-refractivity contribution in [1.29, 1.82) is 0 Å². The van der Waals surface area contributed by atoms with E-state index in [9.17, 15) is 0 Å². The number of ether oxygens (including phenoxy) is 1. The predicted molar refractivity (Wildman–Crippen MR) is 81.0 cm³/mol. The van der Waals surface area contributed by atoms with Crippen LogP contribution in [-0.4, -0.2) is 35.7 Å². The highest BCUT2D eigenvalue weighted by Gasteiger charge is 2.29. The van der Waals surface area contributed by atoms with Gasteiger partial charge in [0, 0.05) is 18.7 Å². The third kappa shape index (κ3) is 3.39. The quantitative estimate of drug-likeness (QED) is 0.864. The monoisotopic (exact) mass is 278 g/mol. The van der Waals surface area contributed by atoms with Crippen molar-refractivity contribution in [3.63, 3.8) is 0 Å². The van der Waals surface area contributed by atoms with Crippen molar-refractivity contribution in [2.24, 2.45) is 11.7 Å². The van der Waals surface area contributed by atoms with Crippen molar-refractivity contribution in [2.45, 2.75) is 45.6 Å². The van der Waals surface area contributed by atoms with Crippen LogP contribution < -0.4 is 15.4 Å². The van der Waals surface area contributed by atoms with Gasteiger partial charge >= 0.3 is 0 Å². The molecule has 0 amide bonds. The van der Waals surface area contributed by atoms with Crippen molar-refractivity contribution >= 4 is 5.82 Å². The van der Waals surface area contributed by atoms with Crippen LogP contribution in [0, 0.1) is 5.92 Å². The van der Waals surface area contributed by atoms with Crippen LogP contribution in [-0.2, 0) is 0 Å². The normalized spacial score (nSPS) is 22.6. The number of aromatic nitrogens is 2. The molecule has 0 saturated heterocycles. The van der Waals surface area contributed by atoms with Crippen LogP contribution in [0.1, 0.15) is 39.5 Å². The third-order valence-corrected chi connectivity index (χ3v) is 4.13. The highest BCUT2D eigenvalue weighted by atomic mass is 16.5. The Morgan fingerprint density at radius 3 is 2.80 bits per heavy atom. The molecule has 1 aliphatic carbocycles. The molecule has 5 nitrogen and oxygen atoms in total. The van der Waals surface area contributed by atoms with Crippen LogP contribution in [0.5, 0.6) is 5.88 Å². The maximum Gasteiger partial charge on any atom is 0.218 e. The lowest BCUT2D eigenvalue weighted by Crippen LogP contribution is -2.45. The van der Waals surface area contributed by atoms with Gasteiger partial charge in [-0.1, -0.05) is 12.8 Å². The molecule has 0 spiro atoms. The average molecular weight is 278 g/mol. The second-order valence-corrected chi connectivity index (χ2v) is 5.28. The summed E-state index contributed by atoms with van der Waals surface area (Å²) in [6.07, 6.45) is 6.58. The molecule has 1 saturated carbocycles. The average Bonchev–Trinajstić information content (AvgIpc) is 2.49. The first-order chi connectivity index (χ1) is 9.80. The summed E-state index contributed by atoms with van der Waals surface area (Å²) in [4.78, 5) is 10.9. The van der Waals surface area contributed by atoms with Gasteiger partial charge in [-0.2, -0.15) is 0 Å². The molecule has 5 heteroatoms. The third-order valence-electron chi connectivity index (χ3n) is 4.13. The fraction of sp³-hybridized carbons (Fsp3) is 0.733. The molecule has 2 atom stereocenters. The zero-order valence-corrected chi connectivity index (χ0v) is 12.6. The highest BCUT2D eigenvalue weighted by molar-refractivity contribution is 5.42. The van der Waals surface area contributed by atoms with E-state index in [4.69, 9.17) is 10.5 Å². The SMILES string of the molecule is CCOc1cc(N(CC)C2CCCCC2CN)ncn1. The summed E-state index contributed by atoms with van der Waals surface area (Å²) in [6, 6.07) is 2.43. The van der Waals surface area contributed by atoms with Gasteiger partial charge in [0.1, 0.15) is 12.1 Å². The summed E-state index contributed by atoms with van der Waals surface area (Å²) in [5.74, 6) is 2.17. The van der Waals surface area contributed by atoms with Gasteiger partial charge in [-0.25, -0.2) is 9.97 Å². The van der Waals surface area contributed by atoms with E-state index in [1.807, 2.05) is 13.0 Å². The van der Waals surface area contributed by atoms with Gasteiger partial charge in [0.2, 0.25) is 5.88 Å². The first-order valence-electron chi connectivity index (χ1n) is 7.71. The van der Waals surface area contributed by atoms with E-state index in [0.29, 0.717) is 24.4 Å². The lowest BCUT2D eigenvalue weighted by molar-refractivity contribution is 0.298. The van der Waals surface area contributed by atoms with Crippen molar-refractivity contribution in [3.05, 3.63) is 12.4 Å². The fourth-order valence-corrected chi connectivity index (χ4v) is 3.15. The van der Waals surface area contributed by atoms with Gasteiger partial charge in [0.15, 0.2) is 0 Å². The number of hydrogen-bond donors (Lipinski definition) is 1. The molecule has 1 aliphatic rings. The van der Waals surface area contributed by atoms with Gasteiger partial charge in [0.05, 0.1) is 6.61 Å². The van der Waals surface area contributed by atoms with Gasteiger partial charge in [-0.3, -0.25) is 0 Å². The predicted octanol–water partition coefficient (Wildman–Crippen LogP) is 2.22. The standard InChI is InChI=1S/C15H26N4O/c1-3-19(13-8-6-5-7-12(13)10-16)14-9-15(20-4-2)18-11-17-14/h9,11-13H,3-8,10,16H2,1-2H3. The second-order valence-electron chi connectivity index (χ2n) is 5.28. The molecule has 2 unspecified atom stereocenters. The van der Waals surface area contributed by atoms with Crippen LogP contribution in [0.25, 0.3) is 0 Å². The Bertz CT molecular complexity index is 413. The first-order valence-corrected chi connectivity index (χ1v) is 7.71. The first kappa shape index (κ1) is 15.0. The fourth-order valence-electron chi connectivity index (χ4n) is 3.15. The molecule has 2 rings (SSSR count). The molecule has 0 bridgehead atoms. The zero-order chi connectivity index (χ0) is 14.4. The smallest absolute Gasteiger partial charge is 0.218 e. The summed E-state index contributed by atoms with van der Waals surface area (Å²) >= 11 is 0. The summed E-state index contributed by atoms with van der Waals surface area (Å²) in [5, 5.41) is 0. The molecule has 0 aromatic carbocycles. The Morgan fingerprint density at radius 2 is 2.10 bits per heavy atom. The Hall–Kier alpha value is -1.36. The van der Waals surface area contributed by atoms with Crippen LogP contribution in [0.15, 0.2) is 12.4 Å². The van der Waals surface area contributed by atoms with E-state index in [2.05, 4.69) is 21.8 Å². The molecule has 1 heterocycles. The van der Waals surface area contributed by atoms with E-state index < -0.39 is 0 Å². The van der Waals surface area contributed by atoms with E-state index in [1.54, 1.807) is 6.33 Å². The summed E-state index contributed by atoms with van der Waals surface area (Å²) in [6.45, 7) is 6.45. The Labute approximate surface area is 121 Å². The van der Waals surface area contributed by atoms with E-state index in [1.165, 1.54) is 25.7 Å². The van der Waals surface area contributed by atoms with Crippen LogP contribution in [0.3, 0.4) is 0 Å². The largest absolute Gasteiger partial charge is 0.478 e. The van der Waals surface area contributed by atoms with E-state index in [0.717, 1.165) is 18.9 Å². The molecule has 0 radical (unpaired) electrons. The van der Waals surface area contributed by atoms with Crippen molar-refractivity contribution < 1.29 is 4.74 Å². The topological polar surface area (TPSA) is 64.3 Å². The molecular weight excluding hydrogens is 252 g/mol. The van der Waals surface area contributed by atoms with Gasteiger partial charge in [-0.15, -0.1) is 0 Å². The highest BCUT2D eigenvalue weighted by Crippen LogP contribution is 2.31.